The van der Waals surface area contributed by atoms with Gasteiger partial charge < -0.3 is 5.11 Å². The molecule has 0 spiro atoms. The Morgan fingerprint density at radius 1 is 1.30 bits per heavy atom. The summed E-state index contributed by atoms with van der Waals surface area (Å²) < 4.78 is 0. The highest BCUT2D eigenvalue weighted by Crippen LogP contribution is 1.93. The van der Waals surface area contributed by atoms with Crippen molar-refractivity contribution in [2.75, 3.05) is 0 Å². The number of hydrogen-bond donors (Lipinski definition) is 1. The molecule has 0 fully saturated rings. The van der Waals surface area contributed by atoms with E-state index in [1.165, 1.54) is 0 Å². The van der Waals surface area contributed by atoms with E-state index >= 15 is 0 Å². The lowest BCUT2D eigenvalue weighted by molar-refractivity contribution is 0.244. The van der Waals surface area contributed by atoms with E-state index in [0.29, 0.717) is 0 Å². The topological polar surface area (TPSA) is 20.2 Å². The predicted molar refractivity (Wildman–Crippen MR) is 44.9 cm³/mol. The maximum absolute atomic E-state index is 8.80. The summed E-state index contributed by atoms with van der Waals surface area (Å²) in [4.78, 5) is 0. The average molecular weight is 140 g/mol. The van der Waals surface area contributed by atoms with Crippen molar-refractivity contribution in [1.29, 1.82) is 0 Å². The molecule has 0 aromatic rings. The molecule has 0 aliphatic carbocycles. The van der Waals surface area contributed by atoms with Crippen molar-refractivity contribution < 1.29 is 5.11 Å². The third-order valence-corrected chi connectivity index (χ3v) is 1.15. The van der Waals surface area contributed by atoms with Crippen LogP contribution >= 0.6 is 0 Å². The van der Waals surface area contributed by atoms with Crippen molar-refractivity contribution in [1.82, 2.24) is 0 Å². The molecule has 0 aliphatic rings. The van der Waals surface area contributed by atoms with Gasteiger partial charge in [0, 0.05) is 0 Å². The zero-order valence-corrected chi connectivity index (χ0v) is 6.75. The second-order valence-corrected chi connectivity index (χ2v) is 2.32. The Morgan fingerprint density at radius 3 is 2.40 bits per heavy atom. The highest BCUT2D eigenvalue weighted by atomic mass is 16.3. The molecule has 1 unspecified atom stereocenters. The zero-order chi connectivity index (χ0) is 7.82. The van der Waals surface area contributed by atoms with E-state index in [-0.39, 0.29) is 6.10 Å². The minimum atomic E-state index is -0.300. The maximum atomic E-state index is 8.80. The van der Waals surface area contributed by atoms with Gasteiger partial charge in [0.25, 0.3) is 0 Å². The van der Waals surface area contributed by atoms with Crippen LogP contribution in [0.25, 0.3) is 0 Å². The van der Waals surface area contributed by atoms with Crippen LogP contribution in [0.3, 0.4) is 0 Å². The first-order chi connectivity index (χ1) is 4.77. The molecule has 0 saturated carbocycles. The lowest BCUT2D eigenvalue weighted by atomic mass is 10.2. The summed E-state index contributed by atoms with van der Waals surface area (Å²) in [6, 6.07) is 0. The highest BCUT2D eigenvalue weighted by molar-refractivity contribution is 4.89. The molecule has 0 aromatic heterocycles. The van der Waals surface area contributed by atoms with Crippen LogP contribution in [-0.2, 0) is 0 Å². The third kappa shape index (κ3) is 7.44. The van der Waals surface area contributed by atoms with Gasteiger partial charge >= 0.3 is 0 Å². The Balaban J connectivity index is 3.18. The van der Waals surface area contributed by atoms with Gasteiger partial charge in [0.1, 0.15) is 0 Å². The molecular weight excluding hydrogens is 124 g/mol. The normalized spacial score (nSPS) is 15.1. The summed E-state index contributed by atoms with van der Waals surface area (Å²) in [6.07, 6.45) is 9.76. The molecule has 0 heterocycles. The van der Waals surface area contributed by atoms with Gasteiger partial charge in [0.05, 0.1) is 6.10 Å². The molecule has 10 heavy (non-hydrogen) atoms. The number of hydrogen-bond acceptors (Lipinski definition) is 1. The Morgan fingerprint density at radius 2 is 1.90 bits per heavy atom. The van der Waals surface area contributed by atoms with Gasteiger partial charge in [-0.25, -0.2) is 0 Å². The number of aliphatic hydroxyl groups is 1. The molecule has 0 bridgehead atoms. The summed E-state index contributed by atoms with van der Waals surface area (Å²) in [6.45, 7) is 3.77. The van der Waals surface area contributed by atoms with Crippen LogP contribution in [0.15, 0.2) is 24.3 Å². The SMILES string of the molecule is CC=CCC/C=C/C(C)O. The fourth-order valence-corrected chi connectivity index (χ4v) is 0.652. The van der Waals surface area contributed by atoms with E-state index in [2.05, 4.69) is 6.08 Å². The summed E-state index contributed by atoms with van der Waals surface area (Å²) in [5.74, 6) is 0. The lowest BCUT2D eigenvalue weighted by Crippen LogP contribution is -1.90. The summed E-state index contributed by atoms with van der Waals surface area (Å²) >= 11 is 0. The summed E-state index contributed by atoms with van der Waals surface area (Å²) in [5.41, 5.74) is 0. The maximum Gasteiger partial charge on any atom is 0.0692 e. The van der Waals surface area contributed by atoms with Crippen LogP contribution in [0.4, 0.5) is 0 Å². The van der Waals surface area contributed by atoms with E-state index < -0.39 is 0 Å². The van der Waals surface area contributed by atoms with E-state index in [1.54, 1.807) is 6.92 Å². The number of unbranched alkanes of at least 4 members (excludes halogenated alkanes) is 1. The molecule has 58 valence electrons. The Labute approximate surface area is 63.1 Å². The van der Waals surface area contributed by atoms with E-state index in [4.69, 9.17) is 5.11 Å². The Hall–Kier alpha value is -0.560. The molecule has 0 aromatic carbocycles. The van der Waals surface area contributed by atoms with Gasteiger partial charge in [0.2, 0.25) is 0 Å². The minimum Gasteiger partial charge on any atom is -0.389 e. The summed E-state index contributed by atoms with van der Waals surface area (Å²) in [7, 11) is 0. The van der Waals surface area contributed by atoms with Crippen LogP contribution in [0.2, 0.25) is 0 Å². The first-order valence-electron chi connectivity index (χ1n) is 3.73. The largest absolute Gasteiger partial charge is 0.389 e. The van der Waals surface area contributed by atoms with Gasteiger partial charge in [0.15, 0.2) is 0 Å². The first-order valence-corrected chi connectivity index (χ1v) is 3.73. The lowest BCUT2D eigenvalue weighted by Gasteiger charge is -1.91. The molecule has 0 aliphatic heterocycles. The zero-order valence-electron chi connectivity index (χ0n) is 6.75. The molecular formula is C9H16O. The molecule has 1 nitrogen and oxygen atoms in total. The van der Waals surface area contributed by atoms with Crippen molar-refractivity contribution in [3.05, 3.63) is 24.3 Å². The minimum absolute atomic E-state index is 0.300. The van der Waals surface area contributed by atoms with E-state index in [0.717, 1.165) is 12.8 Å². The van der Waals surface area contributed by atoms with Crippen LogP contribution in [0, 0.1) is 0 Å². The third-order valence-electron chi connectivity index (χ3n) is 1.15. The van der Waals surface area contributed by atoms with Crippen molar-refractivity contribution >= 4 is 0 Å². The highest BCUT2D eigenvalue weighted by Gasteiger charge is 1.82. The monoisotopic (exact) mass is 140 g/mol. The van der Waals surface area contributed by atoms with Crippen LogP contribution < -0.4 is 0 Å². The Bertz CT molecular complexity index is 112. The standard InChI is InChI=1S/C9H16O/c1-3-4-5-6-7-8-9(2)10/h3-4,7-10H,5-6H2,1-2H3/b4-3?,8-7+. The van der Waals surface area contributed by atoms with Crippen molar-refractivity contribution in [2.45, 2.75) is 32.8 Å². The number of allylic oxidation sites excluding steroid dienone is 3. The molecule has 0 amide bonds. The quantitative estimate of drug-likeness (QED) is 0.469. The smallest absolute Gasteiger partial charge is 0.0692 e. The van der Waals surface area contributed by atoms with Crippen molar-refractivity contribution in [3.8, 4) is 0 Å². The fraction of sp³-hybridized carbons (Fsp3) is 0.556. The number of aliphatic hydroxyl groups excluding tert-OH is 1. The van der Waals surface area contributed by atoms with Gasteiger partial charge in [-0.15, -0.1) is 0 Å². The van der Waals surface area contributed by atoms with Gasteiger partial charge in [-0.2, -0.15) is 0 Å². The second kappa shape index (κ2) is 6.56. The molecule has 0 rings (SSSR count). The number of rotatable bonds is 4. The van der Waals surface area contributed by atoms with Crippen molar-refractivity contribution in [2.24, 2.45) is 0 Å². The van der Waals surface area contributed by atoms with Gasteiger partial charge in [-0.05, 0) is 26.7 Å². The van der Waals surface area contributed by atoms with Crippen LogP contribution in [-0.4, -0.2) is 11.2 Å². The molecule has 1 N–H and O–H groups in total. The molecule has 1 heteroatoms. The molecule has 1 atom stereocenters. The summed E-state index contributed by atoms with van der Waals surface area (Å²) in [5, 5.41) is 8.80. The van der Waals surface area contributed by atoms with Gasteiger partial charge in [-0.1, -0.05) is 24.3 Å². The van der Waals surface area contributed by atoms with Crippen LogP contribution in [0.5, 0.6) is 0 Å². The Kier molecular flexibility index (Phi) is 6.19. The molecule has 0 radical (unpaired) electrons. The van der Waals surface area contributed by atoms with Gasteiger partial charge in [-0.3, -0.25) is 0 Å². The van der Waals surface area contributed by atoms with E-state index in [1.807, 2.05) is 25.2 Å². The van der Waals surface area contributed by atoms with E-state index in [9.17, 15) is 0 Å². The first kappa shape index (κ1) is 9.44. The van der Waals surface area contributed by atoms with Crippen molar-refractivity contribution in [3.63, 3.8) is 0 Å². The second-order valence-electron chi connectivity index (χ2n) is 2.32. The average Bonchev–Trinajstić information content (AvgIpc) is 1.87. The molecule has 0 saturated heterocycles. The predicted octanol–water partition coefficient (Wildman–Crippen LogP) is 2.28. The van der Waals surface area contributed by atoms with Crippen LogP contribution in [0.1, 0.15) is 26.7 Å². The fourth-order valence-electron chi connectivity index (χ4n) is 0.652.